The highest BCUT2D eigenvalue weighted by atomic mass is 16.7. The Balaban J connectivity index is 2.14. The molecule has 3 heteroatoms. The van der Waals surface area contributed by atoms with Gasteiger partial charge in [-0.1, -0.05) is 20.8 Å². The van der Waals surface area contributed by atoms with Gasteiger partial charge in [-0.25, -0.2) is 0 Å². The minimum Gasteiger partial charge on any atom is -0.449 e. The van der Waals surface area contributed by atoms with Crippen LogP contribution in [0.1, 0.15) is 41.0 Å². The molecule has 1 heterocycles. The lowest BCUT2D eigenvalue weighted by Gasteiger charge is -2.22. The normalized spacial score (nSPS) is 17.9. The van der Waals surface area contributed by atoms with Crippen molar-refractivity contribution in [2.24, 2.45) is 5.92 Å². The fourth-order valence-corrected chi connectivity index (χ4v) is 2.27. The summed E-state index contributed by atoms with van der Waals surface area (Å²) >= 11 is 0. The minimum absolute atomic E-state index is 0.485. The molecule has 0 spiro atoms. The standard InChI is InChI=1S/C15H23NO2/c1-6-12(10(2)3)16-11-7-8-13-14(9-11)18-15(4,5)17-13/h7-10,12,16H,6H2,1-5H3. The Kier molecular flexibility index (Phi) is 3.42. The quantitative estimate of drug-likeness (QED) is 0.873. The number of benzene rings is 1. The molecule has 1 aliphatic heterocycles. The summed E-state index contributed by atoms with van der Waals surface area (Å²) in [7, 11) is 0. The van der Waals surface area contributed by atoms with Gasteiger partial charge in [-0.05, 0) is 24.5 Å². The maximum atomic E-state index is 5.75. The van der Waals surface area contributed by atoms with Crippen LogP contribution in [-0.4, -0.2) is 11.8 Å². The predicted molar refractivity (Wildman–Crippen MR) is 74.3 cm³/mol. The molecule has 0 aromatic heterocycles. The molecule has 1 aliphatic rings. The van der Waals surface area contributed by atoms with Crippen LogP contribution in [0.4, 0.5) is 5.69 Å². The molecule has 1 aromatic carbocycles. The first-order valence-electron chi connectivity index (χ1n) is 6.70. The van der Waals surface area contributed by atoms with Gasteiger partial charge in [0.2, 0.25) is 5.79 Å². The highest BCUT2D eigenvalue weighted by Gasteiger charge is 2.31. The molecule has 1 aromatic rings. The van der Waals surface area contributed by atoms with Gasteiger partial charge in [-0.3, -0.25) is 0 Å². The Hall–Kier alpha value is -1.38. The van der Waals surface area contributed by atoms with E-state index < -0.39 is 5.79 Å². The van der Waals surface area contributed by atoms with Crippen LogP contribution in [0.5, 0.6) is 11.5 Å². The van der Waals surface area contributed by atoms with E-state index >= 15 is 0 Å². The van der Waals surface area contributed by atoms with Gasteiger partial charge in [0, 0.05) is 31.6 Å². The fraction of sp³-hybridized carbons (Fsp3) is 0.600. The summed E-state index contributed by atoms with van der Waals surface area (Å²) in [5.74, 6) is 1.70. The Labute approximate surface area is 109 Å². The van der Waals surface area contributed by atoms with Crippen LogP contribution >= 0.6 is 0 Å². The number of anilines is 1. The molecule has 1 N–H and O–H groups in total. The molecule has 100 valence electrons. The average molecular weight is 249 g/mol. The second-order valence-electron chi connectivity index (χ2n) is 5.67. The number of rotatable bonds is 4. The van der Waals surface area contributed by atoms with E-state index in [4.69, 9.17) is 9.47 Å². The molecule has 0 aliphatic carbocycles. The van der Waals surface area contributed by atoms with Gasteiger partial charge in [-0.2, -0.15) is 0 Å². The molecule has 0 fully saturated rings. The zero-order chi connectivity index (χ0) is 13.3. The van der Waals surface area contributed by atoms with E-state index in [0.29, 0.717) is 12.0 Å². The third-order valence-electron chi connectivity index (χ3n) is 3.25. The summed E-state index contributed by atoms with van der Waals surface area (Å²) in [5, 5.41) is 3.55. The number of ether oxygens (including phenoxy) is 2. The van der Waals surface area contributed by atoms with Gasteiger partial charge in [0.25, 0.3) is 0 Å². The van der Waals surface area contributed by atoms with Crippen LogP contribution in [-0.2, 0) is 0 Å². The van der Waals surface area contributed by atoms with Crippen molar-refractivity contribution in [2.75, 3.05) is 5.32 Å². The number of nitrogens with one attached hydrogen (secondary N) is 1. The average Bonchev–Trinajstić information content (AvgIpc) is 2.58. The van der Waals surface area contributed by atoms with E-state index in [1.165, 1.54) is 0 Å². The Bertz CT molecular complexity index is 427. The first-order valence-corrected chi connectivity index (χ1v) is 6.70. The summed E-state index contributed by atoms with van der Waals surface area (Å²) < 4.78 is 11.4. The molecule has 0 saturated heterocycles. The molecular formula is C15H23NO2. The lowest BCUT2D eigenvalue weighted by molar-refractivity contribution is -0.0431. The summed E-state index contributed by atoms with van der Waals surface area (Å²) in [6.45, 7) is 10.5. The monoisotopic (exact) mass is 249 g/mol. The third kappa shape index (κ3) is 2.71. The molecule has 0 saturated carbocycles. The molecule has 1 unspecified atom stereocenters. The van der Waals surface area contributed by atoms with Crippen molar-refractivity contribution >= 4 is 5.69 Å². The molecule has 2 rings (SSSR count). The molecule has 1 atom stereocenters. The zero-order valence-corrected chi connectivity index (χ0v) is 11.9. The van der Waals surface area contributed by atoms with Crippen molar-refractivity contribution < 1.29 is 9.47 Å². The smallest absolute Gasteiger partial charge is 0.246 e. The van der Waals surface area contributed by atoms with Gasteiger partial charge < -0.3 is 14.8 Å². The van der Waals surface area contributed by atoms with E-state index in [1.807, 2.05) is 26.0 Å². The van der Waals surface area contributed by atoms with E-state index in [0.717, 1.165) is 23.6 Å². The van der Waals surface area contributed by atoms with Crippen molar-refractivity contribution in [3.63, 3.8) is 0 Å². The van der Waals surface area contributed by atoms with E-state index in [9.17, 15) is 0 Å². The van der Waals surface area contributed by atoms with E-state index in [-0.39, 0.29) is 0 Å². The Morgan fingerprint density at radius 2 is 1.83 bits per heavy atom. The maximum absolute atomic E-state index is 5.75. The largest absolute Gasteiger partial charge is 0.449 e. The van der Waals surface area contributed by atoms with Crippen molar-refractivity contribution in [1.82, 2.24) is 0 Å². The first kappa shape index (κ1) is 13.1. The van der Waals surface area contributed by atoms with Crippen LogP contribution in [0.25, 0.3) is 0 Å². The molecule has 18 heavy (non-hydrogen) atoms. The Morgan fingerprint density at radius 1 is 1.17 bits per heavy atom. The SMILES string of the molecule is CCC(Nc1ccc2c(c1)OC(C)(C)O2)C(C)C. The second-order valence-corrected chi connectivity index (χ2v) is 5.67. The molecule has 3 nitrogen and oxygen atoms in total. The lowest BCUT2D eigenvalue weighted by atomic mass is 10.0. The van der Waals surface area contributed by atoms with Crippen LogP contribution in [0.15, 0.2) is 18.2 Å². The van der Waals surface area contributed by atoms with E-state index in [1.54, 1.807) is 0 Å². The van der Waals surface area contributed by atoms with Gasteiger partial charge in [0.15, 0.2) is 11.5 Å². The van der Waals surface area contributed by atoms with Crippen molar-refractivity contribution in [3.05, 3.63) is 18.2 Å². The summed E-state index contributed by atoms with van der Waals surface area (Å²) in [4.78, 5) is 0. The molecule has 0 amide bonds. The van der Waals surface area contributed by atoms with Gasteiger partial charge >= 0.3 is 0 Å². The van der Waals surface area contributed by atoms with Crippen molar-refractivity contribution in [3.8, 4) is 11.5 Å². The number of hydrogen-bond acceptors (Lipinski definition) is 3. The van der Waals surface area contributed by atoms with Gasteiger partial charge in [0.05, 0.1) is 0 Å². The Morgan fingerprint density at radius 3 is 2.44 bits per heavy atom. The maximum Gasteiger partial charge on any atom is 0.246 e. The highest BCUT2D eigenvalue weighted by molar-refractivity contribution is 5.56. The molecule has 0 radical (unpaired) electrons. The van der Waals surface area contributed by atoms with Crippen LogP contribution in [0, 0.1) is 5.92 Å². The van der Waals surface area contributed by atoms with Gasteiger partial charge in [-0.15, -0.1) is 0 Å². The van der Waals surface area contributed by atoms with Crippen LogP contribution < -0.4 is 14.8 Å². The van der Waals surface area contributed by atoms with Gasteiger partial charge in [0.1, 0.15) is 0 Å². The second kappa shape index (κ2) is 4.71. The topological polar surface area (TPSA) is 30.5 Å². The highest BCUT2D eigenvalue weighted by Crippen LogP contribution is 2.40. The molecule has 0 bridgehead atoms. The number of hydrogen-bond donors (Lipinski definition) is 1. The van der Waals surface area contributed by atoms with Crippen molar-refractivity contribution in [2.45, 2.75) is 52.9 Å². The fourth-order valence-electron chi connectivity index (χ4n) is 2.27. The third-order valence-corrected chi connectivity index (χ3v) is 3.25. The van der Waals surface area contributed by atoms with Crippen LogP contribution in [0.2, 0.25) is 0 Å². The summed E-state index contributed by atoms with van der Waals surface area (Å²) in [6.07, 6.45) is 1.11. The summed E-state index contributed by atoms with van der Waals surface area (Å²) in [5.41, 5.74) is 1.09. The summed E-state index contributed by atoms with van der Waals surface area (Å²) in [6, 6.07) is 6.53. The predicted octanol–water partition coefficient (Wildman–Crippen LogP) is 4.04. The van der Waals surface area contributed by atoms with Crippen molar-refractivity contribution in [1.29, 1.82) is 0 Å². The van der Waals surface area contributed by atoms with Crippen LogP contribution in [0.3, 0.4) is 0 Å². The van der Waals surface area contributed by atoms with E-state index in [2.05, 4.69) is 32.2 Å². The first-order chi connectivity index (χ1) is 8.41. The zero-order valence-electron chi connectivity index (χ0n) is 11.9. The molecular weight excluding hydrogens is 226 g/mol. The number of fused-ring (bicyclic) bond motifs is 1. The lowest BCUT2D eigenvalue weighted by Crippen LogP contribution is -2.29. The minimum atomic E-state index is -0.552.